The van der Waals surface area contributed by atoms with Crippen molar-refractivity contribution in [3.05, 3.63) is 56.2 Å². The van der Waals surface area contributed by atoms with Crippen molar-refractivity contribution in [1.82, 2.24) is 19.6 Å². The lowest BCUT2D eigenvalue weighted by atomic mass is 10.2. The Bertz CT molecular complexity index is 818. The van der Waals surface area contributed by atoms with Crippen molar-refractivity contribution in [3.63, 3.8) is 0 Å². The van der Waals surface area contributed by atoms with E-state index in [1.807, 2.05) is 12.1 Å². The zero-order valence-electron chi connectivity index (χ0n) is 13.8. The zero-order valence-corrected chi connectivity index (χ0v) is 15.4. The smallest absolute Gasteiger partial charge is 0.358 e. The molecule has 1 aromatic carbocycles. The molecule has 138 valence electrons. The van der Waals surface area contributed by atoms with Crippen LogP contribution < -0.4 is 0 Å². The van der Waals surface area contributed by atoms with Gasteiger partial charge >= 0.3 is 5.82 Å². The number of amides is 1. The summed E-state index contributed by atoms with van der Waals surface area (Å²) in [5.74, 6) is -0.360. The fourth-order valence-electron chi connectivity index (χ4n) is 2.83. The minimum atomic E-state index is -0.581. The fourth-order valence-corrected chi connectivity index (χ4v) is 3.15. The van der Waals surface area contributed by atoms with Crippen LogP contribution in [0.15, 0.2) is 30.5 Å². The van der Waals surface area contributed by atoms with E-state index < -0.39 is 4.92 Å². The summed E-state index contributed by atoms with van der Waals surface area (Å²) < 4.78 is 1.29. The molecule has 0 spiro atoms. The van der Waals surface area contributed by atoms with E-state index in [4.69, 9.17) is 23.2 Å². The van der Waals surface area contributed by atoms with Crippen molar-refractivity contribution in [3.8, 4) is 0 Å². The standard InChI is InChI=1S/C16H17Cl2N5O3/c17-13-2-1-12(9-14(13)18)10-20-5-7-21(8-6-20)16(24)11-22-4-3-15(19-22)23(25)26/h1-4,9H,5-8,10-11H2. The molecule has 2 heterocycles. The van der Waals surface area contributed by atoms with Crippen LogP contribution in [0.2, 0.25) is 10.0 Å². The molecule has 0 radical (unpaired) electrons. The van der Waals surface area contributed by atoms with Crippen molar-refractivity contribution in [2.45, 2.75) is 13.1 Å². The van der Waals surface area contributed by atoms with Gasteiger partial charge in [-0.05, 0) is 22.6 Å². The minimum absolute atomic E-state index is 0.000627. The average molecular weight is 398 g/mol. The molecule has 8 nitrogen and oxygen atoms in total. The number of nitro groups is 1. The Morgan fingerprint density at radius 1 is 1.15 bits per heavy atom. The number of carbonyl (C=O) groups is 1. The molecule has 1 aromatic heterocycles. The molecule has 10 heteroatoms. The van der Waals surface area contributed by atoms with Crippen LogP contribution in [0.4, 0.5) is 5.82 Å². The van der Waals surface area contributed by atoms with Crippen LogP contribution in [-0.2, 0) is 17.9 Å². The van der Waals surface area contributed by atoms with Gasteiger partial charge in [0, 0.05) is 32.7 Å². The second-order valence-electron chi connectivity index (χ2n) is 6.03. The Kier molecular flexibility index (Phi) is 5.75. The molecule has 26 heavy (non-hydrogen) atoms. The highest BCUT2D eigenvalue weighted by Crippen LogP contribution is 2.23. The number of halogens is 2. The van der Waals surface area contributed by atoms with Crippen LogP contribution in [0.5, 0.6) is 0 Å². The van der Waals surface area contributed by atoms with Crippen LogP contribution in [0, 0.1) is 10.1 Å². The third-order valence-corrected chi connectivity index (χ3v) is 4.97. The molecular weight excluding hydrogens is 381 g/mol. The lowest BCUT2D eigenvalue weighted by Gasteiger charge is -2.34. The van der Waals surface area contributed by atoms with Gasteiger partial charge in [0.1, 0.15) is 6.54 Å². The van der Waals surface area contributed by atoms with Crippen LogP contribution in [0.3, 0.4) is 0 Å². The first kappa shape index (κ1) is 18.6. The molecule has 0 unspecified atom stereocenters. The van der Waals surface area contributed by atoms with E-state index in [-0.39, 0.29) is 18.3 Å². The predicted molar refractivity (Wildman–Crippen MR) is 97.2 cm³/mol. The minimum Gasteiger partial charge on any atom is -0.358 e. The van der Waals surface area contributed by atoms with Gasteiger partial charge in [-0.1, -0.05) is 29.3 Å². The van der Waals surface area contributed by atoms with Crippen molar-refractivity contribution < 1.29 is 9.72 Å². The molecule has 0 aliphatic carbocycles. The normalized spacial score (nSPS) is 15.2. The van der Waals surface area contributed by atoms with Gasteiger partial charge in [-0.15, -0.1) is 0 Å². The summed E-state index contributed by atoms with van der Waals surface area (Å²) in [6, 6.07) is 6.85. The highest BCUT2D eigenvalue weighted by atomic mass is 35.5. The Balaban J connectivity index is 1.50. The fraction of sp³-hybridized carbons (Fsp3) is 0.375. The van der Waals surface area contributed by atoms with E-state index in [0.29, 0.717) is 23.1 Å². The van der Waals surface area contributed by atoms with E-state index in [2.05, 4.69) is 10.00 Å². The Hall–Kier alpha value is -2.16. The number of piperazine rings is 1. The first-order chi connectivity index (χ1) is 12.4. The van der Waals surface area contributed by atoms with Crippen molar-refractivity contribution in [2.75, 3.05) is 26.2 Å². The molecule has 1 aliphatic heterocycles. The van der Waals surface area contributed by atoms with Gasteiger partial charge in [-0.25, -0.2) is 0 Å². The van der Waals surface area contributed by atoms with Crippen LogP contribution >= 0.6 is 23.2 Å². The Morgan fingerprint density at radius 3 is 2.50 bits per heavy atom. The number of rotatable bonds is 5. The Morgan fingerprint density at radius 2 is 1.88 bits per heavy atom. The first-order valence-electron chi connectivity index (χ1n) is 8.04. The van der Waals surface area contributed by atoms with Crippen LogP contribution in [0.25, 0.3) is 0 Å². The Labute approximate surface area is 160 Å². The van der Waals surface area contributed by atoms with Crippen molar-refractivity contribution in [2.24, 2.45) is 0 Å². The third-order valence-electron chi connectivity index (χ3n) is 4.23. The van der Waals surface area contributed by atoms with Crippen LogP contribution in [-0.4, -0.2) is 56.6 Å². The molecule has 1 saturated heterocycles. The largest absolute Gasteiger partial charge is 0.389 e. The number of benzene rings is 1. The third kappa shape index (κ3) is 4.51. The summed E-state index contributed by atoms with van der Waals surface area (Å²) in [5, 5.41) is 15.5. The summed E-state index contributed by atoms with van der Waals surface area (Å²) in [5.41, 5.74) is 1.07. The predicted octanol–water partition coefficient (Wildman–Crippen LogP) is 2.44. The molecule has 1 aliphatic rings. The molecular formula is C16H17Cl2N5O3. The van der Waals surface area contributed by atoms with Crippen molar-refractivity contribution >= 4 is 34.9 Å². The van der Waals surface area contributed by atoms with E-state index in [0.717, 1.165) is 25.2 Å². The van der Waals surface area contributed by atoms with Gasteiger partial charge in [0.2, 0.25) is 5.91 Å². The summed E-state index contributed by atoms with van der Waals surface area (Å²) in [6.07, 6.45) is 1.44. The number of nitrogens with zero attached hydrogens (tertiary/aromatic N) is 5. The van der Waals surface area contributed by atoms with E-state index >= 15 is 0 Å². The average Bonchev–Trinajstić information content (AvgIpc) is 3.07. The number of aromatic nitrogens is 2. The van der Waals surface area contributed by atoms with Gasteiger partial charge in [0.15, 0.2) is 0 Å². The van der Waals surface area contributed by atoms with E-state index in [1.165, 1.54) is 16.9 Å². The van der Waals surface area contributed by atoms with E-state index in [1.54, 1.807) is 11.0 Å². The molecule has 3 rings (SSSR count). The molecule has 0 saturated carbocycles. The lowest BCUT2D eigenvalue weighted by Crippen LogP contribution is -2.49. The van der Waals surface area contributed by atoms with Gasteiger partial charge in [0.05, 0.1) is 27.4 Å². The summed E-state index contributed by atoms with van der Waals surface area (Å²) in [6.45, 7) is 3.43. The van der Waals surface area contributed by atoms with Gasteiger partial charge < -0.3 is 15.0 Å². The molecule has 0 atom stereocenters. The van der Waals surface area contributed by atoms with Gasteiger partial charge in [-0.2, -0.15) is 4.68 Å². The summed E-state index contributed by atoms with van der Waals surface area (Å²) in [4.78, 5) is 26.4. The van der Waals surface area contributed by atoms with Gasteiger partial charge in [0.25, 0.3) is 0 Å². The van der Waals surface area contributed by atoms with E-state index in [9.17, 15) is 14.9 Å². The highest BCUT2D eigenvalue weighted by Gasteiger charge is 2.23. The van der Waals surface area contributed by atoms with Gasteiger partial charge in [-0.3, -0.25) is 9.69 Å². The number of carbonyl (C=O) groups excluding carboxylic acids is 1. The lowest BCUT2D eigenvalue weighted by molar-refractivity contribution is -0.389. The summed E-state index contributed by atoms with van der Waals surface area (Å²) >= 11 is 12.0. The zero-order chi connectivity index (χ0) is 18.7. The summed E-state index contributed by atoms with van der Waals surface area (Å²) in [7, 11) is 0. The molecule has 1 fully saturated rings. The highest BCUT2D eigenvalue weighted by molar-refractivity contribution is 6.42. The van der Waals surface area contributed by atoms with Crippen LogP contribution in [0.1, 0.15) is 5.56 Å². The second-order valence-corrected chi connectivity index (χ2v) is 6.85. The number of hydrogen-bond donors (Lipinski definition) is 0. The second kappa shape index (κ2) is 8.03. The molecule has 0 bridgehead atoms. The monoisotopic (exact) mass is 397 g/mol. The molecule has 1 amide bonds. The first-order valence-corrected chi connectivity index (χ1v) is 8.80. The molecule has 0 N–H and O–H groups in total. The maximum Gasteiger partial charge on any atom is 0.389 e. The maximum absolute atomic E-state index is 12.3. The van der Waals surface area contributed by atoms with Crippen molar-refractivity contribution in [1.29, 1.82) is 0 Å². The quantitative estimate of drug-likeness (QED) is 0.571. The maximum atomic E-state index is 12.3. The molecule has 2 aromatic rings. The number of hydrogen-bond acceptors (Lipinski definition) is 5. The topological polar surface area (TPSA) is 84.5 Å². The SMILES string of the molecule is O=C(Cn1ccc([N+](=O)[O-])n1)N1CCN(Cc2ccc(Cl)c(Cl)c2)CC1.